The molecule has 170 valence electrons. The van der Waals surface area contributed by atoms with Crippen LogP contribution in [-0.4, -0.2) is 38.8 Å². The minimum absolute atomic E-state index is 0.0780. The molecule has 1 aromatic carbocycles. The van der Waals surface area contributed by atoms with Crippen LogP contribution in [0, 0.1) is 11.8 Å². The minimum Gasteiger partial charge on any atom is -0.361 e. The third kappa shape index (κ3) is 5.37. The molecule has 0 saturated carbocycles. The first-order valence-corrected chi connectivity index (χ1v) is 13.1. The van der Waals surface area contributed by atoms with E-state index in [1.54, 1.807) is 9.80 Å². The predicted molar refractivity (Wildman–Crippen MR) is 123 cm³/mol. The summed E-state index contributed by atoms with van der Waals surface area (Å²) in [5.74, 6) is -2.35. The van der Waals surface area contributed by atoms with Crippen molar-refractivity contribution in [2.75, 3.05) is 35.2 Å². The molecule has 0 amide bonds. The number of halogens is 3. The lowest BCUT2D eigenvalue weighted by Crippen LogP contribution is -2.38. The summed E-state index contributed by atoms with van der Waals surface area (Å²) in [5.41, 5.74) is 0.592. The zero-order valence-electron chi connectivity index (χ0n) is 17.9. The van der Waals surface area contributed by atoms with Crippen LogP contribution in [0.4, 0.5) is 20.3 Å². The number of benzene rings is 1. The van der Waals surface area contributed by atoms with E-state index >= 15 is 8.78 Å². The third-order valence-electron chi connectivity index (χ3n) is 5.39. The number of rotatable bonds is 9. The SMILES string of the molecule is CCCCN(CCCC)c1nc(F)c2c(c1F)S(=O)(=O)CCN2Cc1cccc(Br)c1. The van der Waals surface area contributed by atoms with E-state index in [1.807, 2.05) is 38.1 Å². The summed E-state index contributed by atoms with van der Waals surface area (Å²) in [4.78, 5) is 6.62. The van der Waals surface area contributed by atoms with Crippen LogP contribution < -0.4 is 9.80 Å². The summed E-state index contributed by atoms with van der Waals surface area (Å²) in [7, 11) is -3.96. The largest absolute Gasteiger partial charge is 0.361 e. The second-order valence-electron chi connectivity index (χ2n) is 7.78. The van der Waals surface area contributed by atoms with E-state index in [1.165, 1.54) is 0 Å². The summed E-state index contributed by atoms with van der Waals surface area (Å²) >= 11 is 3.40. The first-order chi connectivity index (χ1) is 14.8. The fourth-order valence-corrected chi connectivity index (χ4v) is 5.72. The van der Waals surface area contributed by atoms with E-state index in [0.29, 0.717) is 13.1 Å². The highest BCUT2D eigenvalue weighted by atomic mass is 79.9. The Kier molecular flexibility index (Phi) is 7.91. The average Bonchev–Trinajstić information content (AvgIpc) is 2.72. The molecule has 2 aromatic rings. The van der Waals surface area contributed by atoms with Crippen molar-refractivity contribution in [1.82, 2.24) is 4.98 Å². The van der Waals surface area contributed by atoms with Gasteiger partial charge in [0, 0.05) is 30.7 Å². The van der Waals surface area contributed by atoms with Gasteiger partial charge in [0.2, 0.25) is 5.95 Å². The van der Waals surface area contributed by atoms with Gasteiger partial charge in [-0.1, -0.05) is 54.8 Å². The van der Waals surface area contributed by atoms with Gasteiger partial charge in [0.15, 0.2) is 21.5 Å². The lowest BCUT2D eigenvalue weighted by atomic mass is 10.2. The number of nitrogens with zero attached hydrogens (tertiary/aromatic N) is 3. The van der Waals surface area contributed by atoms with Crippen molar-refractivity contribution in [3.63, 3.8) is 0 Å². The van der Waals surface area contributed by atoms with E-state index < -0.39 is 26.5 Å². The van der Waals surface area contributed by atoms with Crippen molar-refractivity contribution in [1.29, 1.82) is 0 Å². The van der Waals surface area contributed by atoms with Gasteiger partial charge in [-0.15, -0.1) is 0 Å². The van der Waals surface area contributed by atoms with Crippen LogP contribution in [0.1, 0.15) is 45.1 Å². The second kappa shape index (κ2) is 10.3. The number of hydrogen-bond acceptors (Lipinski definition) is 5. The fraction of sp³-hybridized carbons (Fsp3) is 0.500. The van der Waals surface area contributed by atoms with Crippen LogP contribution in [0.15, 0.2) is 33.6 Å². The Morgan fingerprint density at radius 1 is 1.16 bits per heavy atom. The van der Waals surface area contributed by atoms with Gasteiger partial charge in [-0.3, -0.25) is 0 Å². The van der Waals surface area contributed by atoms with E-state index in [4.69, 9.17) is 0 Å². The molecular weight excluding hydrogens is 488 g/mol. The molecule has 1 aliphatic rings. The van der Waals surface area contributed by atoms with E-state index in [9.17, 15) is 8.42 Å². The van der Waals surface area contributed by atoms with E-state index in [-0.39, 0.29) is 30.3 Å². The lowest BCUT2D eigenvalue weighted by Gasteiger charge is -2.33. The number of aromatic nitrogens is 1. The highest BCUT2D eigenvalue weighted by Crippen LogP contribution is 2.39. The molecule has 0 spiro atoms. The van der Waals surface area contributed by atoms with Gasteiger partial charge in [0.25, 0.3) is 0 Å². The highest BCUT2D eigenvalue weighted by Gasteiger charge is 2.37. The second-order valence-corrected chi connectivity index (χ2v) is 10.7. The molecule has 0 aliphatic carbocycles. The Balaban J connectivity index is 2.07. The Hall–Kier alpha value is -1.74. The van der Waals surface area contributed by atoms with Gasteiger partial charge < -0.3 is 9.80 Å². The van der Waals surface area contributed by atoms with Crippen LogP contribution in [0.2, 0.25) is 0 Å². The van der Waals surface area contributed by atoms with Crippen LogP contribution in [0.25, 0.3) is 0 Å². The molecule has 3 rings (SSSR count). The minimum atomic E-state index is -3.96. The predicted octanol–water partition coefficient (Wildman–Crippen LogP) is 5.32. The first kappa shape index (κ1) is 23.9. The monoisotopic (exact) mass is 515 g/mol. The smallest absolute Gasteiger partial charge is 0.239 e. The summed E-state index contributed by atoms with van der Waals surface area (Å²) in [6.07, 6.45) is 3.34. The molecule has 0 saturated heterocycles. The van der Waals surface area contributed by atoms with Crippen LogP contribution >= 0.6 is 15.9 Å². The molecular formula is C22H28BrF2N3O2S. The Morgan fingerprint density at radius 3 is 2.45 bits per heavy atom. The van der Waals surface area contributed by atoms with Gasteiger partial charge >= 0.3 is 0 Å². The molecule has 5 nitrogen and oxygen atoms in total. The Morgan fingerprint density at radius 2 is 1.84 bits per heavy atom. The topological polar surface area (TPSA) is 53.5 Å². The van der Waals surface area contributed by atoms with E-state index in [2.05, 4.69) is 20.9 Å². The maximum absolute atomic E-state index is 15.6. The number of pyridine rings is 1. The number of hydrogen-bond donors (Lipinski definition) is 0. The molecule has 1 aliphatic heterocycles. The standard InChI is InChI=1S/C22H28BrF2N3O2S/c1-3-5-10-27(11-6-4-2)22-18(24)20-19(21(25)26-22)28(12-13-31(20,29)30)15-16-8-7-9-17(23)14-16/h7-9,14H,3-6,10-13,15H2,1-2H3. The Labute approximate surface area is 191 Å². The summed E-state index contributed by atoms with van der Waals surface area (Å²) in [6.45, 7) is 5.36. The van der Waals surface area contributed by atoms with Gasteiger partial charge in [0.05, 0.1) is 5.75 Å². The van der Waals surface area contributed by atoms with Crippen LogP contribution in [0.3, 0.4) is 0 Å². The zero-order chi connectivity index (χ0) is 22.6. The Bertz CT molecular complexity index is 1030. The highest BCUT2D eigenvalue weighted by molar-refractivity contribution is 9.10. The first-order valence-electron chi connectivity index (χ1n) is 10.6. The van der Waals surface area contributed by atoms with Crippen LogP contribution in [0.5, 0.6) is 0 Å². The molecule has 0 atom stereocenters. The lowest BCUT2D eigenvalue weighted by molar-refractivity contribution is 0.510. The van der Waals surface area contributed by atoms with Crippen molar-refractivity contribution in [3.8, 4) is 0 Å². The number of sulfone groups is 1. The molecule has 2 heterocycles. The molecule has 0 radical (unpaired) electrons. The molecule has 1 aromatic heterocycles. The number of unbranched alkanes of at least 4 members (excludes halogenated alkanes) is 2. The number of fused-ring (bicyclic) bond motifs is 1. The van der Waals surface area contributed by atoms with E-state index in [0.717, 1.165) is 35.7 Å². The molecule has 0 fully saturated rings. The normalized spacial score (nSPS) is 15.1. The quantitative estimate of drug-likeness (QED) is 0.423. The fourth-order valence-electron chi connectivity index (χ4n) is 3.74. The zero-order valence-corrected chi connectivity index (χ0v) is 20.3. The summed E-state index contributed by atoms with van der Waals surface area (Å²) < 4.78 is 57.4. The molecule has 0 unspecified atom stereocenters. The van der Waals surface area contributed by atoms with Crippen molar-refractivity contribution < 1.29 is 17.2 Å². The van der Waals surface area contributed by atoms with Gasteiger partial charge in [-0.05, 0) is 30.5 Å². The van der Waals surface area contributed by atoms with Crippen molar-refractivity contribution in [2.24, 2.45) is 0 Å². The molecule has 0 N–H and O–H groups in total. The maximum Gasteiger partial charge on any atom is 0.239 e. The van der Waals surface area contributed by atoms with Crippen molar-refractivity contribution in [3.05, 3.63) is 46.1 Å². The third-order valence-corrected chi connectivity index (χ3v) is 7.60. The molecule has 31 heavy (non-hydrogen) atoms. The average molecular weight is 516 g/mol. The van der Waals surface area contributed by atoms with Crippen LogP contribution in [-0.2, 0) is 16.4 Å². The summed E-state index contributed by atoms with van der Waals surface area (Å²) in [5, 5.41) is 0. The van der Waals surface area contributed by atoms with Gasteiger partial charge in [0.1, 0.15) is 10.6 Å². The summed E-state index contributed by atoms with van der Waals surface area (Å²) in [6, 6.07) is 7.45. The van der Waals surface area contributed by atoms with Gasteiger partial charge in [-0.25, -0.2) is 12.8 Å². The van der Waals surface area contributed by atoms with Gasteiger partial charge in [-0.2, -0.15) is 9.37 Å². The van der Waals surface area contributed by atoms with Crippen molar-refractivity contribution in [2.45, 2.75) is 51.0 Å². The van der Waals surface area contributed by atoms with Crippen molar-refractivity contribution >= 4 is 37.3 Å². The maximum atomic E-state index is 15.6. The number of anilines is 2. The molecule has 9 heteroatoms. The molecule has 0 bridgehead atoms.